The quantitative estimate of drug-likeness (QED) is 0.319. The van der Waals surface area contributed by atoms with E-state index in [0.29, 0.717) is 26.1 Å². The molecule has 2 rings (SSSR count). The first-order valence-corrected chi connectivity index (χ1v) is 10.5. The number of rotatable bonds is 14. The van der Waals surface area contributed by atoms with Gasteiger partial charge in [-0.2, -0.15) is 0 Å². The highest BCUT2D eigenvalue weighted by Gasteiger charge is 2.23. The number of esters is 2. The topological polar surface area (TPSA) is 112 Å². The maximum Gasteiger partial charge on any atom is 0.305 e. The van der Waals surface area contributed by atoms with Gasteiger partial charge in [-0.3, -0.25) is 9.59 Å². The minimum atomic E-state index is -3.28. The standard InChI is InChI=1S/C16H26O8S/c17-15(21-7-5-13-11-23-13)3-1-9-25(19,20)10-2-4-16(18)22-8-6-14-12-24-14/h13-14H,1-12H2. The third-order valence-electron chi connectivity index (χ3n) is 3.88. The van der Waals surface area contributed by atoms with E-state index in [-0.39, 0.29) is 61.3 Å². The zero-order valence-electron chi connectivity index (χ0n) is 14.3. The molecule has 2 aliphatic heterocycles. The maximum absolute atomic E-state index is 11.9. The van der Waals surface area contributed by atoms with Gasteiger partial charge in [0.1, 0.15) is 9.84 Å². The van der Waals surface area contributed by atoms with Crippen LogP contribution in [0.2, 0.25) is 0 Å². The van der Waals surface area contributed by atoms with Crippen molar-refractivity contribution in [1.82, 2.24) is 0 Å². The van der Waals surface area contributed by atoms with Gasteiger partial charge in [-0.15, -0.1) is 0 Å². The number of sulfone groups is 1. The van der Waals surface area contributed by atoms with E-state index in [9.17, 15) is 18.0 Å². The van der Waals surface area contributed by atoms with Gasteiger partial charge < -0.3 is 18.9 Å². The molecule has 0 aliphatic carbocycles. The number of hydrogen-bond acceptors (Lipinski definition) is 8. The summed E-state index contributed by atoms with van der Waals surface area (Å²) in [6, 6.07) is 0. The molecule has 2 atom stereocenters. The minimum absolute atomic E-state index is 0.0794. The van der Waals surface area contributed by atoms with Crippen molar-refractivity contribution < 1.29 is 37.0 Å². The molecule has 0 saturated carbocycles. The summed E-state index contributed by atoms with van der Waals surface area (Å²) < 4.78 is 43.7. The second-order valence-electron chi connectivity index (χ2n) is 6.29. The Morgan fingerprint density at radius 1 is 0.840 bits per heavy atom. The minimum Gasteiger partial charge on any atom is -0.466 e. The summed E-state index contributed by atoms with van der Waals surface area (Å²) >= 11 is 0. The molecule has 2 saturated heterocycles. The largest absolute Gasteiger partial charge is 0.466 e. The summed E-state index contributed by atoms with van der Waals surface area (Å²) in [5, 5.41) is 0. The molecule has 8 nitrogen and oxygen atoms in total. The Balaban J connectivity index is 1.45. The molecule has 144 valence electrons. The summed E-state index contributed by atoms with van der Waals surface area (Å²) in [6.45, 7) is 2.06. The molecule has 2 fully saturated rings. The molecule has 0 amide bonds. The van der Waals surface area contributed by atoms with Gasteiger partial charge in [0.05, 0.1) is 50.1 Å². The van der Waals surface area contributed by atoms with Crippen LogP contribution < -0.4 is 0 Å². The van der Waals surface area contributed by atoms with E-state index in [1.165, 1.54) is 0 Å². The Labute approximate surface area is 148 Å². The van der Waals surface area contributed by atoms with Crippen molar-refractivity contribution in [2.24, 2.45) is 0 Å². The third kappa shape index (κ3) is 10.4. The highest BCUT2D eigenvalue weighted by Crippen LogP contribution is 2.14. The lowest BCUT2D eigenvalue weighted by Gasteiger charge is -2.06. The van der Waals surface area contributed by atoms with Crippen LogP contribution in [0.15, 0.2) is 0 Å². The van der Waals surface area contributed by atoms with E-state index in [4.69, 9.17) is 18.9 Å². The van der Waals surface area contributed by atoms with E-state index in [2.05, 4.69) is 0 Å². The first-order valence-electron chi connectivity index (χ1n) is 8.69. The van der Waals surface area contributed by atoms with Crippen molar-refractivity contribution in [2.75, 3.05) is 37.9 Å². The van der Waals surface area contributed by atoms with Crippen molar-refractivity contribution in [1.29, 1.82) is 0 Å². The first kappa shape index (κ1) is 20.1. The zero-order valence-corrected chi connectivity index (χ0v) is 15.1. The number of carbonyl (C=O) groups is 2. The van der Waals surface area contributed by atoms with E-state index >= 15 is 0 Å². The van der Waals surface area contributed by atoms with Crippen molar-refractivity contribution in [2.45, 2.75) is 50.7 Å². The van der Waals surface area contributed by atoms with Crippen LogP contribution in [0.1, 0.15) is 38.5 Å². The molecule has 2 aliphatic rings. The van der Waals surface area contributed by atoms with Crippen LogP contribution in [0, 0.1) is 0 Å². The van der Waals surface area contributed by atoms with Crippen LogP contribution in [0.25, 0.3) is 0 Å². The van der Waals surface area contributed by atoms with Crippen molar-refractivity contribution in [3.63, 3.8) is 0 Å². The van der Waals surface area contributed by atoms with Crippen LogP contribution in [0.5, 0.6) is 0 Å². The Hall–Kier alpha value is -1.19. The third-order valence-corrected chi connectivity index (χ3v) is 5.70. The van der Waals surface area contributed by atoms with Crippen LogP contribution >= 0.6 is 0 Å². The fourth-order valence-corrected chi connectivity index (χ4v) is 3.57. The molecule has 0 radical (unpaired) electrons. The Morgan fingerprint density at radius 2 is 1.24 bits per heavy atom. The lowest BCUT2D eigenvalue weighted by Crippen LogP contribution is -2.15. The van der Waals surface area contributed by atoms with Crippen LogP contribution in [-0.4, -0.2) is 70.5 Å². The van der Waals surface area contributed by atoms with Gasteiger partial charge in [-0.1, -0.05) is 0 Å². The van der Waals surface area contributed by atoms with Gasteiger partial charge in [0, 0.05) is 25.7 Å². The summed E-state index contributed by atoms with van der Waals surface area (Å²) in [5.74, 6) is -0.942. The second kappa shape index (κ2) is 10.1. The molecular weight excluding hydrogens is 352 g/mol. The second-order valence-corrected chi connectivity index (χ2v) is 8.59. The predicted molar refractivity (Wildman–Crippen MR) is 87.8 cm³/mol. The lowest BCUT2D eigenvalue weighted by atomic mass is 10.3. The van der Waals surface area contributed by atoms with Gasteiger partial charge in [0.25, 0.3) is 0 Å². The summed E-state index contributed by atoms with van der Waals surface area (Å²) in [4.78, 5) is 22.9. The zero-order chi connectivity index (χ0) is 18.1. The highest BCUT2D eigenvalue weighted by atomic mass is 32.2. The SMILES string of the molecule is O=C(CCCS(=O)(=O)CCCC(=O)OCCC1CO1)OCCC1CO1. The molecular formula is C16H26O8S. The maximum atomic E-state index is 11.9. The van der Waals surface area contributed by atoms with Gasteiger partial charge >= 0.3 is 11.9 Å². The van der Waals surface area contributed by atoms with Gasteiger partial charge in [0.15, 0.2) is 0 Å². The molecule has 0 aromatic carbocycles. The van der Waals surface area contributed by atoms with E-state index in [1.54, 1.807) is 0 Å². The van der Waals surface area contributed by atoms with Crippen LogP contribution in [-0.2, 0) is 38.4 Å². The monoisotopic (exact) mass is 378 g/mol. The average molecular weight is 378 g/mol. The molecule has 0 aromatic heterocycles. The molecule has 0 aromatic rings. The van der Waals surface area contributed by atoms with Crippen LogP contribution in [0.3, 0.4) is 0 Å². The molecule has 0 bridgehead atoms. The summed E-state index contributed by atoms with van der Waals surface area (Å²) in [7, 11) is -3.28. The Morgan fingerprint density at radius 3 is 1.60 bits per heavy atom. The summed E-state index contributed by atoms with van der Waals surface area (Å²) in [5.41, 5.74) is 0. The van der Waals surface area contributed by atoms with Gasteiger partial charge in [-0.25, -0.2) is 8.42 Å². The smallest absolute Gasteiger partial charge is 0.305 e. The Kier molecular flexibility index (Phi) is 8.11. The number of ether oxygens (including phenoxy) is 4. The first-order chi connectivity index (χ1) is 11.9. The van der Waals surface area contributed by atoms with Crippen LogP contribution in [0.4, 0.5) is 0 Å². The van der Waals surface area contributed by atoms with E-state index in [0.717, 1.165) is 13.2 Å². The molecule has 9 heteroatoms. The Bertz CT molecular complexity index is 494. The van der Waals surface area contributed by atoms with E-state index in [1.807, 2.05) is 0 Å². The average Bonchev–Trinajstić information content (AvgIpc) is 3.42. The molecule has 0 spiro atoms. The van der Waals surface area contributed by atoms with E-state index < -0.39 is 9.84 Å². The summed E-state index contributed by atoms with van der Waals surface area (Å²) in [6.07, 6.45) is 2.41. The fraction of sp³-hybridized carbons (Fsp3) is 0.875. The van der Waals surface area contributed by atoms with Gasteiger partial charge in [-0.05, 0) is 12.8 Å². The molecule has 2 heterocycles. The highest BCUT2D eigenvalue weighted by molar-refractivity contribution is 7.91. The number of hydrogen-bond donors (Lipinski definition) is 0. The number of carbonyl (C=O) groups excluding carboxylic acids is 2. The van der Waals surface area contributed by atoms with Crippen molar-refractivity contribution in [3.05, 3.63) is 0 Å². The lowest BCUT2D eigenvalue weighted by molar-refractivity contribution is -0.144. The van der Waals surface area contributed by atoms with Gasteiger partial charge in [0.2, 0.25) is 0 Å². The predicted octanol–water partition coefficient (Wildman–Crippen LogP) is 0.626. The molecule has 0 N–H and O–H groups in total. The molecule has 2 unspecified atom stereocenters. The van der Waals surface area contributed by atoms with Crippen molar-refractivity contribution >= 4 is 21.8 Å². The normalized spacial score (nSPS) is 21.6. The molecule has 25 heavy (non-hydrogen) atoms. The van der Waals surface area contributed by atoms with Crippen molar-refractivity contribution in [3.8, 4) is 0 Å². The number of epoxide rings is 2. The fourth-order valence-electron chi connectivity index (χ4n) is 2.20.